The van der Waals surface area contributed by atoms with E-state index in [1.165, 1.54) is 6.07 Å². The third kappa shape index (κ3) is 4.54. The number of anilines is 2. The van der Waals surface area contributed by atoms with Crippen molar-refractivity contribution >= 4 is 17.3 Å². The fourth-order valence-corrected chi connectivity index (χ4v) is 3.15. The molecule has 27 heavy (non-hydrogen) atoms. The molecule has 0 saturated carbocycles. The molecular formula is C20H23F2N3O2. The molecule has 7 heteroatoms. The first-order valence-corrected chi connectivity index (χ1v) is 8.87. The summed E-state index contributed by atoms with van der Waals surface area (Å²) in [4.78, 5) is 16.8. The van der Waals surface area contributed by atoms with Gasteiger partial charge < -0.3 is 15.0 Å². The van der Waals surface area contributed by atoms with Gasteiger partial charge in [0, 0.05) is 43.6 Å². The number of carbonyl (C=O) groups excluding carboxylic acids is 1. The van der Waals surface area contributed by atoms with Crippen molar-refractivity contribution in [3.63, 3.8) is 0 Å². The Morgan fingerprint density at radius 1 is 1.04 bits per heavy atom. The molecule has 2 aromatic carbocycles. The molecule has 1 unspecified atom stereocenters. The summed E-state index contributed by atoms with van der Waals surface area (Å²) in [7, 11) is 1.64. The van der Waals surface area contributed by atoms with E-state index >= 15 is 0 Å². The van der Waals surface area contributed by atoms with Crippen LogP contribution in [-0.2, 0) is 4.79 Å². The summed E-state index contributed by atoms with van der Waals surface area (Å²) in [6, 6.07) is 10.9. The minimum absolute atomic E-state index is 0.237. The summed E-state index contributed by atoms with van der Waals surface area (Å²) in [5.41, 5.74) is 1.37. The van der Waals surface area contributed by atoms with E-state index in [-0.39, 0.29) is 17.6 Å². The molecule has 0 bridgehead atoms. The smallest absolute Gasteiger partial charge is 0.241 e. The number of halogens is 2. The Hall–Kier alpha value is -2.67. The molecule has 2 aromatic rings. The summed E-state index contributed by atoms with van der Waals surface area (Å²) in [6.07, 6.45) is 0. The highest BCUT2D eigenvalue weighted by molar-refractivity contribution is 5.94. The Bertz CT molecular complexity index is 790. The molecule has 0 aromatic heterocycles. The number of hydrogen-bond donors (Lipinski definition) is 1. The zero-order valence-corrected chi connectivity index (χ0v) is 15.4. The van der Waals surface area contributed by atoms with Gasteiger partial charge in [0.05, 0.1) is 13.2 Å². The van der Waals surface area contributed by atoms with Gasteiger partial charge in [-0.2, -0.15) is 0 Å². The van der Waals surface area contributed by atoms with Crippen LogP contribution in [0.25, 0.3) is 0 Å². The average molecular weight is 375 g/mol. The predicted octanol–water partition coefficient (Wildman–Crippen LogP) is 3.12. The molecule has 1 fully saturated rings. The van der Waals surface area contributed by atoms with Crippen molar-refractivity contribution < 1.29 is 18.3 Å². The maximum Gasteiger partial charge on any atom is 0.241 e. The van der Waals surface area contributed by atoms with Crippen molar-refractivity contribution in [1.82, 2.24) is 4.90 Å². The molecule has 144 valence electrons. The lowest BCUT2D eigenvalue weighted by Gasteiger charge is -2.38. The molecular weight excluding hydrogens is 352 g/mol. The maximum absolute atomic E-state index is 13.3. The number of piperazine rings is 1. The number of nitrogens with one attached hydrogen (secondary N) is 1. The highest BCUT2D eigenvalue weighted by Gasteiger charge is 2.26. The van der Waals surface area contributed by atoms with Crippen LogP contribution in [0, 0.1) is 11.6 Å². The number of benzene rings is 2. The van der Waals surface area contributed by atoms with Crippen LogP contribution in [0.4, 0.5) is 20.2 Å². The standard InChI is InChI=1S/C20H23F2N3O2/c1-14(20(26)23-15-3-8-18(21)19(22)13-15)24-9-11-25(12-10-24)16-4-6-17(27-2)7-5-16/h3-8,13-14H,9-12H2,1-2H3,(H,23,26). The Kier molecular flexibility index (Phi) is 5.91. The molecule has 3 rings (SSSR count). The predicted molar refractivity (Wildman–Crippen MR) is 101 cm³/mol. The Morgan fingerprint density at radius 2 is 1.70 bits per heavy atom. The zero-order valence-electron chi connectivity index (χ0n) is 15.4. The second-order valence-corrected chi connectivity index (χ2v) is 6.52. The van der Waals surface area contributed by atoms with Crippen LogP contribution < -0.4 is 15.0 Å². The van der Waals surface area contributed by atoms with Crippen LogP contribution in [0.5, 0.6) is 5.75 Å². The largest absolute Gasteiger partial charge is 0.497 e. The van der Waals surface area contributed by atoms with E-state index in [2.05, 4.69) is 15.1 Å². The Balaban J connectivity index is 1.54. The lowest BCUT2D eigenvalue weighted by molar-refractivity contribution is -0.120. The van der Waals surface area contributed by atoms with E-state index in [1.807, 2.05) is 31.2 Å². The average Bonchev–Trinajstić information content (AvgIpc) is 2.70. The number of carbonyl (C=O) groups is 1. The van der Waals surface area contributed by atoms with Crippen LogP contribution in [0.1, 0.15) is 6.92 Å². The number of methoxy groups -OCH3 is 1. The molecule has 0 spiro atoms. The Labute approximate surface area is 157 Å². The number of hydrogen-bond acceptors (Lipinski definition) is 4. The minimum atomic E-state index is -0.978. The van der Waals surface area contributed by atoms with Crippen LogP contribution in [-0.4, -0.2) is 50.1 Å². The summed E-state index contributed by atoms with van der Waals surface area (Å²) < 4.78 is 31.5. The van der Waals surface area contributed by atoms with Crippen molar-refractivity contribution in [2.75, 3.05) is 43.5 Å². The molecule has 1 N–H and O–H groups in total. The minimum Gasteiger partial charge on any atom is -0.497 e. The second kappa shape index (κ2) is 8.35. The molecule has 1 aliphatic heterocycles. The summed E-state index contributed by atoms with van der Waals surface area (Å²) in [5.74, 6) is -1.33. The van der Waals surface area contributed by atoms with Crippen LogP contribution in [0.3, 0.4) is 0 Å². The SMILES string of the molecule is COc1ccc(N2CCN(C(C)C(=O)Nc3ccc(F)c(F)c3)CC2)cc1. The van der Waals surface area contributed by atoms with E-state index in [0.29, 0.717) is 0 Å². The van der Waals surface area contributed by atoms with E-state index in [1.54, 1.807) is 7.11 Å². The lowest BCUT2D eigenvalue weighted by Crippen LogP contribution is -2.52. The van der Waals surface area contributed by atoms with Gasteiger partial charge in [-0.05, 0) is 43.3 Å². The second-order valence-electron chi connectivity index (χ2n) is 6.52. The van der Waals surface area contributed by atoms with E-state index in [4.69, 9.17) is 4.74 Å². The fraction of sp³-hybridized carbons (Fsp3) is 0.350. The first kappa shape index (κ1) is 19.1. The van der Waals surface area contributed by atoms with Gasteiger partial charge in [0.25, 0.3) is 0 Å². The molecule has 0 aliphatic carbocycles. The fourth-order valence-electron chi connectivity index (χ4n) is 3.15. The van der Waals surface area contributed by atoms with Crippen molar-refractivity contribution in [3.05, 3.63) is 54.1 Å². The van der Waals surface area contributed by atoms with Crippen LogP contribution in [0.15, 0.2) is 42.5 Å². The van der Waals surface area contributed by atoms with Crippen molar-refractivity contribution in [2.24, 2.45) is 0 Å². The molecule has 1 aliphatic rings. The number of nitrogens with zero attached hydrogens (tertiary/aromatic N) is 2. The van der Waals surface area contributed by atoms with Gasteiger partial charge >= 0.3 is 0 Å². The van der Waals surface area contributed by atoms with Gasteiger partial charge in [0.1, 0.15) is 5.75 Å². The molecule has 1 amide bonds. The number of rotatable bonds is 5. The van der Waals surface area contributed by atoms with E-state index in [0.717, 1.165) is 49.7 Å². The summed E-state index contributed by atoms with van der Waals surface area (Å²) in [5, 5.41) is 2.65. The molecule has 1 atom stereocenters. The summed E-state index contributed by atoms with van der Waals surface area (Å²) in [6.45, 7) is 4.89. The lowest BCUT2D eigenvalue weighted by atomic mass is 10.2. The normalized spacial score (nSPS) is 16.1. The first-order chi connectivity index (χ1) is 13.0. The van der Waals surface area contributed by atoms with Gasteiger partial charge in [0.15, 0.2) is 11.6 Å². The van der Waals surface area contributed by atoms with E-state index < -0.39 is 11.6 Å². The van der Waals surface area contributed by atoms with Gasteiger partial charge in [-0.25, -0.2) is 8.78 Å². The summed E-state index contributed by atoms with van der Waals surface area (Å²) >= 11 is 0. The van der Waals surface area contributed by atoms with Crippen molar-refractivity contribution in [1.29, 1.82) is 0 Å². The zero-order chi connectivity index (χ0) is 19.4. The maximum atomic E-state index is 13.3. The molecule has 1 saturated heterocycles. The van der Waals surface area contributed by atoms with Crippen molar-refractivity contribution in [3.8, 4) is 5.75 Å². The number of ether oxygens (including phenoxy) is 1. The molecule has 5 nitrogen and oxygen atoms in total. The third-order valence-electron chi connectivity index (χ3n) is 4.87. The van der Waals surface area contributed by atoms with Crippen LogP contribution >= 0.6 is 0 Å². The van der Waals surface area contributed by atoms with Gasteiger partial charge in [-0.15, -0.1) is 0 Å². The van der Waals surface area contributed by atoms with Gasteiger partial charge in [0.2, 0.25) is 5.91 Å². The molecule has 1 heterocycles. The van der Waals surface area contributed by atoms with Crippen LogP contribution in [0.2, 0.25) is 0 Å². The molecule has 0 radical (unpaired) electrons. The highest BCUT2D eigenvalue weighted by atomic mass is 19.2. The third-order valence-corrected chi connectivity index (χ3v) is 4.87. The van der Waals surface area contributed by atoms with Crippen molar-refractivity contribution in [2.45, 2.75) is 13.0 Å². The first-order valence-electron chi connectivity index (χ1n) is 8.87. The van der Waals surface area contributed by atoms with Gasteiger partial charge in [-0.1, -0.05) is 0 Å². The Morgan fingerprint density at radius 3 is 2.30 bits per heavy atom. The monoisotopic (exact) mass is 375 g/mol. The van der Waals surface area contributed by atoms with E-state index in [9.17, 15) is 13.6 Å². The number of amides is 1. The topological polar surface area (TPSA) is 44.8 Å². The quantitative estimate of drug-likeness (QED) is 0.872. The highest BCUT2D eigenvalue weighted by Crippen LogP contribution is 2.21. The van der Waals surface area contributed by atoms with Gasteiger partial charge in [-0.3, -0.25) is 9.69 Å².